The molecule has 0 bridgehead atoms. The topological polar surface area (TPSA) is 56.8 Å². The van der Waals surface area contributed by atoms with Crippen LogP contribution in [0.5, 0.6) is 11.5 Å². The van der Waals surface area contributed by atoms with Crippen molar-refractivity contribution >= 4 is 21.9 Å². The second-order valence-electron chi connectivity index (χ2n) is 4.21. The zero-order valence-corrected chi connectivity index (χ0v) is 14.3. The predicted octanol–water partition coefficient (Wildman–Crippen LogP) is 2.90. The Morgan fingerprint density at radius 1 is 1.19 bits per heavy atom. The lowest BCUT2D eigenvalue weighted by molar-refractivity contribution is -0.145. The average Bonchev–Trinajstić information content (AvgIpc) is 2.45. The van der Waals surface area contributed by atoms with Gasteiger partial charge in [0.1, 0.15) is 0 Å². The van der Waals surface area contributed by atoms with E-state index < -0.39 is 5.97 Å². The van der Waals surface area contributed by atoms with Crippen LogP contribution in [0.1, 0.15) is 26.3 Å². The Labute approximate surface area is 134 Å². The van der Waals surface area contributed by atoms with Gasteiger partial charge in [0, 0.05) is 6.54 Å². The maximum atomic E-state index is 11.4. The fourth-order valence-electron chi connectivity index (χ4n) is 1.73. The van der Waals surface area contributed by atoms with Gasteiger partial charge in [-0.05, 0) is 54.0 Å². The Morgan fingerprint density at radius 2 is 1.95 bits per heavy atom. The van der Waals surface area contributed by atoms with E-state index in [1.54, 1.807) is 6.92 Å². The van der Waals surface area contributed by atoms with Crippen LogP contribution >= 0.6 is 15.9 Å². The van der Waals surface area contributed by atoms with Crippen LogP contribution in [-0.2, 0) is 16.1 Å². The molecule has 118 valence electrons. The first-order valence-corrected chi connectivity index (χ1v) is 7.85. The van der Waals surface area contributed by atoms with Crippen molar-refractivity contribution in [2.75, 3.05) is 26.4 Å². The van der Waals surface area contributed by atoms with Crippen molar-refractivity contribution in [2.24, 2.45) is 0 Å². The number of esters is 1. The molecule has 0 saturated carbocycles. The maximum absolute atomic E-state index is 11.4. The molecule has 1 aromatic carbocycles. The fourth-order valence-corrected chi connectivity index (χ4v) is 2.33. The van der Waals surface area contributed by atoms with Crippen molar-refractivity contribution < 1.29 is 19.0 Å². The summed E-state index contributed by atoms with van der Waals surface area (Å²) in [6.45, 7) is 8.07. The number of hydrogen-bond acceptors (Lipinski definition) is 5. The molecule has 0 saturated heterocycles. The molecule has 1 aromatic rings. The number of nitrogens with one attached hydrogen (secondary N) is 1. The average molecular weight is 360 g/mol. The third-order valence-corrected chi connectivity index (χ3v) is 3.18. The van der Waals surface area contributed by atoms with E-state index >= 15 is 0 Å². The molecule has 0 atom stereocenters. The van der Waals surface area contributed by atoms with Crippen molar-refractivity contribution in [3.63, 3.8) is 0 Å². The molecule has 0 aliphatic heterocycles. The number of carbonyl (C=O) groups excluding carboxylic acids is 1. The lowest BCUT2D eigenvalue weighted by Crippen LogP contribution is -2.16. The Morgan fingerprint density at radius 3 is 2.57 bits per heavy atom. The highest BCUT2D eigenvalue weighted by Gasteiger charge is 2.14. The van der Waals surface area contributed by atoms with Crippen LogP contribution in [0.15, 0.2) is 16.6 Å². The minimum absolute atomic E-state index is 0.140. The Hall–Kier alpha value is -1.27. The van der Waals surface area contributed by atoms with Gasteiger partial charge >= 0.3 is 5.97 Å². The summed E-state index contributed by atoms with van der Waals surface area (Å²) in [5.41, 5.74) is 1.08. The van der Waals surface area contributed by atoms with Crippen LogP contribution in [0.4, 0.5) is 0 Å². The molecule has 0 aliphatic carbocycles. The highest BCUT2D eigenvalue weighted by atomic mass is 79.9. The van der Waals surface area contributed by atoms with Crippen molar-refractivity contribution in [3.05, 3.63) is 22.2 Å². The summed E-state index contributed by atoms with van der Waals surface area (Å²) >= 11 is 3.46. The molecule has 1 N–H and O–H groups in total. The van der Waals surface area contributed by atoms with Gasteiger partial charge in [-0.15, -0.1) is 0 Å². The summed E-state index contributed by atoms with van der Waals surface area (Å²) in [4.78, 5) is 11.4. The standard InChI is InChI=1S/C15H22BrNO4/c1-4-17-9-11-7-12(16)15(13(8-11)19-5-2)21-10-14(18)20-6-3/h7-8,17H,4-6,9-10H2,1-3H3. The van der Waals surface area contributed by atoms with Gasteiger partial charge in [-0.2, -0.15) is 0 Å². The van der Waals surface area contributed by atoms with Crippen LogP contribution in [0, 0.1) is 0 Å². The monoisotopic (exact) mass is 359 g/mol. The van der Waals surface area contributed by atoms with Gasteiger partial charge in [0.05, 0.1) is 17.7 Å². The summed E-state index contributed by atoms with van der Waals surface area (Å²) in [6.07, 6.45) is 0. The first-order valence-electron chi connectivity index (χ1n) is 7.06. The molecule has 0 fully saturated rings. The van der Waals surface area contributed by atoms with E-state index in [1.165, 1.54) is 0 Å². The SMILES string of the molecule is CCNCc1cc(Br)c(OCC(=O)OCC)c(OCC)c1. The van der Waals surface area contributed by atoms with Gasteiger partial charge < -0.3 is 19.5 Å². The van der Waals surface area contributed by atoms with Gasteiger partial charge in [0.25, 0.3) is 0 Å². The maximum Gasteiger partial charge on any atom is 0.344 e. The van der Waals surface area contributed by atoms with Crippen molar-refractivity contribution in [1.29, 1.82) is 0 Å². The normalized spacial score (nSPS) is 10.3. The zero-order chi connectivity index (χ0) is 15.7. The molecule has 0 aromatic heterocycles. The van der Waals surface area contributed by atoms with Crippen LogP contribution in [0.2, 0.25) is 0 Å². The minimum Gasteiger partial charge on any atom is -0.490 e. The molecule has 6 heteroatoms. The number of carbonyl (C=O) groups is 1. The van der Waals surface area contributed by atoms with Crippen LogP contribution in [0.3, 0.4) is 0 Å². The van der Waals surface area contributed by atoms with Crippen LogP contribution in [0.25, 0.3) is 0 Å². The first-order chi connectivity index (χ1) is 10.1. The summed E-state index contributed by atoms with van der Waals surface area (Å²) in [5.74, 6) is 0.734. The van der Waals surface area contributed by atoms with Crippen LogP contribution in [-0.4, -0.2) is 32.3 Å². The van der Waals surface area contributed by atoms with Gasteiger partial charge in [0.15, 0.2) is 18.1 Å². The van der Waals surface area contributed by atoms with Crippen LogP contribution < -0.4 is 14.8 Å². The molecule has 5 nitrogen and oxygen atoms in total. The Balaban J connectivity index is 2.87. The first kappa shape index (κ1) is 17.8. The number of halogens is 1. The van der Waals surface area contributed by atoms with E-state index in [0.717, 1.165) is 23.1 Å². The predicted molar refractivity (Wildman–Crippen MR) is 84.8 cm³/mol. The van der Waals surface area contributed by atoms with E-state index in [9.17, 15) is 4.79 Å². The number of benzene rings is 1. The Bertz CT molecular complexity index is 465. The molecule has 0 aliphatic rings. The number of rotatable bonds is 9. The van der Waals surface area contributed by atoms with Gasteiger partial charge in [-0.25, -0.2) is 4.79 Å². The third kappa shape index (κ3) is 5.93. The lowest BCUT2D eigenvalue weighted by Gasteiger charge is -2.15. The van der Waals surface area contributed by atoms with Gasteiger partial charge in [-0.1, -0.05) is 6.92 Å². The van der Waals surface area contributed by atoms with E-state index in [1.807, 2.05) is 19.1 Å². The summed E-state index contributed by atoms with van der Waals surface area (Å²) in [5, 5.41) is 3.26. The summed E-state index contributed by atoms with van der Waals surface area (Å²) in [6, 6.07) is 3.86. The highest BCUT2D eigenvalue weighted by Crippen LogP contribution is 2.37. The molecular formula is C15H22BrNO4. The minimum atomic E-state index is -0.399. The van der Waals surface area contributed by atoms with Crippen molar-refractivity contribution in [3.8, 4) is 11.5 Å². The fraction of sp³-hybridized carbons (Fsp3) is 0.533. The second-order valence-corrected chi connectivity index (χ2v) is 5.07. The second kappa shape index (κ2) is 9.63. The van der Waals surface area contributed by atoms with Gasteiger partial charge in [0.2, 0.25) is 0 Å². The van der Waals surface area contributed by atoms with E-state index in [4.69, 9.17) is 14.2 Å². The highest BCUT2D eigenvalue weighted by molar-refractivity contribution is 9.10. The van der Waals surface area contributed by atoms with E-state index in [-0.39, 0.29) is 6.61 Å². The summed E-state index contributed by atoms with van der Waals surface area (Å²) in [7, 11) is 0. The third-order valence-electron chi connectivity index (χ3n) is 2.59. The largest absolute Gasteiger partial charge is 0.490 e. The molecule has 1 rings (SSSR count). The van der Waals surface area contributed by atoms with E-state index in [2.05, 4.69) is 28.2 Å². The van der Waals surface area contributed by atoms with Gasteiger partial charge in [-0.3, -0.25) is 0 Å². The lowest BCUT2D eigenvalue weighted by atomic mass is 10.2. The molecule has 21 heavy (non-hydrogen) atoms. The number of hydrogen-bond donors (Lipinski definition) is 1. The Kier molecular flexibility index (Phi) is 8.15. The molecule has 0 heterocycles. The van der Waals surface area contributed by atoms with Crippen molar-refractivity contribution in [2.45, 2.75) is 27.3 Å². The number of ether oxygens (including phenoxy) is 3. The molecule has 0 unspecified atom stereocenters. The zero-order valence-electron chi connectivity index (χ0n) is 12.7. The molecule has 0 radical (unpaired) electrons. The molecular weight excluding hydrogens is 338 g/mol. The summed E-state index contributed by atoms with van der Waals surface area (Å²) < 4.78 is 16.7. The van der Waals surface area contributed by atoms with Crippen molar-refractivity contribution in [1.82, 2.24) is 5.32 Å². The smallest absolute Gasteiger partial charge is 0.344 e. The quantitative estimate of drug-likeness (QED) is 0.687. The van der Waals surface area contributed by atoms with E-state index in [0.29, 0.717) is 24.7 Å². The molecule has 0 spiro atoms. The molecule has 0 amide bonds.